The third-order valence-electron chi connectivity index (χ3n) is 5.99. The van der Waals surface area contributed by atoms with Gasteiger partial charge in [-0.25, -0.2) is 0 Å². The molecule has 8 nitrogen and oxygen atoms in total. The molecule has 2 aliphatic rings. The molecule has 0 radical (unpaired) electrons. The molecule has 8 heteroatoms. The van der Waals surface area contributed by atoms with Gasteiger partial charge >= 0.3 is 0 Å². The van der Waals surface area contributed by atoms with E-state index < -0.39 is 5.41 Å². The molecule has 1 N–H and O–H groups in total. The Kier molecular flexibility index (Phi) is 8.46. The van der Waals surface area contributed by atoms with Crippen molar-refractivity contribution in [2.75, 3.05) is 62.8 Å². The first-order valence-electron chi connectivity index (χ1n) is 12.1. The maximum absolute atomic E-state index is 13.2. The Morgan fingerprint density at radius 2 is 1.73 bits per heavy atom. The second-order valence-electron chi connectivity index (χ2n) is 9.61. The number of hydrogen-bond donors (Lipinski definition) is 1. The molecule has 2 amide bonds. The number of piperidine rings is 1. The van der Waals surface area contributed by atoms with Crippen molar-refractivity contribution in [1.29, 1.82) is 0 Å². The minimum atomic E-state index is -0.456. The molecule has 0 aliphatic carbocycles. The van der Waals surface area contributed by atoms with Gasteiger partial charge in [0, 0.05) is 43.7 Å². The number of carbonyl (C=O) groups is 2. The summed E-state index contributed by atoms with van der Waals surface area (Å²) in [5.41, 5.74) is 1.09. The van der Waals surface area contributed by atoms with Gasteiger partial charge in [0.2, 0.25) is 11.8 Å². The monoisotopic (exact) mass is 461 g/mol. The SMILES string of the molecule is CCOc1cc(N2CCOCC2)c(OCC)cc1NC(=O)C1CCCN(C(=O)C(C)(C)C)C1. The predicted octanol–water partition coefficient (Wildman–Crippen LogP) is 3.54. The lowest BCUT2D eigenvalue weighted by Crippen LogP contribution is -2.47. The van der Waals surface area contributed by atoms with Crippen LogP contribution in [0.2, 0.25) is 0 Å². The van der Waals surface area contributed by atoms with E-state index in [-0.39, 0.29) is 17.7 Å². The first-order chi connectivity index (χ1) is 15.7. The predicted molar refractivity (Wildman–Crippen MR) is 129 cm³/mol. The zero-order chi connectivity index (χ0) is 24.0. The van der Waals surface area contributed by atoms with Crippen LogP contribution in [-0.4, -0.2) is 69.3 Å². The molecule has 3 rings (SSSR count). The van der Waals surface area contributed by atoms with Crippen molar-refractivity contribution in [3.8, 4) is 11.5 Å². The minimum Gasteiger partial charge on any atom is -0.492 e. The standard InChI is InChI=1S/C25H39N3O5/c1-6-32-21-16-20(27-11-13-31-14-12-27)22(33-7-2)15-19(21)26-23(29)18-9-8-10-28(17-18)24(30)25(3,4)5/h15-16,18H,6-14,17H2,1-5H3,(H,26,29). The van der Waals surface area contributed by atoms with Crippen LogP contribution in [0.4, 0.5) is 11.4 Å². The summed E-state index contributed by atoms with van der Waals surface area (Å²) in [5, 5.41) is 3.07. The lowest BCUT2D eigenvalue weighted by Gasteiger charge is -2.36. The highest BCUT2D eigenvalue weighted by molar-refractivity contribution is 5.95. The highest BCUT2D eigenvalue weighted by Gasteiger charge is 2.34. The van der Waals surface area contributed by atoms with Gasteiger partial charge in [-0.2, -0.15) is 0 Å². The summed E-state index contributed by atoms with van der Waals surface area (Å²) in [6, 6.07) is 3.81. The number of anilines is 2. The molecule has 2 heterocycles. The third kappa shape index (κ3) is 6.31. The van der Waals surface area contributed by atoms with E-state index in [2.05, 4.69) is 10.2 Å². The number of carbonyl (C=O) groups excluding carboxylic acids is 2. The van der Waals surface area contributed by atoms with Crippen LogP contribution in [0, 0.1) is 11.3 Å². The summed E-state index contributed by atoms with van der Waals surface area (Å²) in [6.45, 7) is 14.6. The molecule has 33 heavy (non-hydrogen) atoms. The van der Waals surface area contributed by atoms with Crippen molar-refractivity contribution in [2.24, 2.45) is 11.3 Å². The third-order valence-corrected chi connectivity index (χ3v) is 5.99. The van der Waals surface area contributed by atoms with E-state index in [0.717, 1.165) is 31.6 Å². The summed E-state index contributed by atoms with van der Waals surface area (Å²) in [5.74, 6) is 1.07. The maximum atomic E-state index is 13.2. The zero-order valence-corrected chi connectivity index (χ0v) is 20.7. The Labute approximate surface area is 197 Å². The fourth-order valence-corrected chi connectivity index (χ4v) is 4.33. The number of benzene rings is 1. The smallest absolute Gasteiger partial charge is 0.229 e. The van der Waals surface area contributed by atoms with Gasteiger partial charge in [-0.1, -0.05) is 20.8 Å². The van der Waals surface area contributed by atoms with Gasteiger partial charge in [0.15, 0.2) is 0 Å². The van der Waals surface area contributed by atoms with Crippen molar-refractivity contribution in [1.82, 2.24) is 4.90 Å². The van der Waals surface area contributed by atoms with Crippen LogP contribution in [0.25, 0.3) is 0 Å². The number of morpholine rings is 1. The molecule has 184 valence electrons. The Bertz CT molecular complexity index is 830. The van der Waals surface area contributed by atoms with Crippen LogP contribution in [0.5, 0.6) is 11.5 Å². The highest BCUT2D eigenvalue weighted by atomic mass is 16.5. The minimum absolute atomic E-state index is 0.0866. The lowest BCUT2D eigenvalue weighted by molar-refractivity contribution is -0.142. The number of nitrogens with zero attached hydrogens (tertiary/aromatic N) is 2. The summed E-state index contributed by atoms with van der Waals surface area (Å²) in [7, 11) is 0. The van der Waals surface area contributed by atoms with Gasteiger partial charge < -0.3 is 29.3 Å². The number of ether oxygens (including phenoxy) is 3. The van der Waals surface area contributed by atoms with E-state index in [0.29, 0.717) is 56.7 Å². The van der Waals surface area contributed by atoms with Crippen molar-refractivity contribution in [3.63, 3.8) is 0 Å². The van der Waals surface area contributed by atoms with E-state index in [1.807, 2.05) is 51.7 Å². The second-order valence-corrected chi connectivity index (χ2v) is 9.61. The molecular formula is C25H39N3O5. The van der Waals surface area contributed by atoms with Gasteiger partial charge in [0.25, 0.3) is 0 Å². The zero-order valence-electron chi connectivity index (χ0n) is 20.7. The fraction of sp³-hybridized carbons (Fsp3) is 0.680. The first-order valence-corrected chi connectivity index (χ1v) is 12.1. The van der Waals surface area contributed by atoms with Crippen LogP contribution in [0.1, 0.15) is 47.5 Å². The van der Waals surface area contributed by atoms with E-state index in [9.17, 15) is 9.59 Å². The molecule has 1 aromatic rings. The van der Waals surface area contributed by atoms with Crippen molar-refractivity contribution in [3.05, 3.63) is 12.1 Å². The molecular weight excluding hydrogens is 422 g/mol. The molecule has 0 spiro atoms. The van der Waals surface area contributed by atoms with Crippen LogP contribution in [0.3, 0.4) is 0 Å². The van der Waals surface area contributed by atoms with Crippen LogP contribution < -0.4 is 19.7 Å². The summed E-state index contributed by atoms with van der Waals surface area (Å²) >= 11 is 0. The van der Waals surface area contributed by atoms with Crippen molar-refractivity contribution >= 4 is 23.2 Å². The fourth-order valence-electron chi connectivity index (χ4n) is 4.33. The number of hydrogen-bond acceptors (Lipinski definition) is 6. The highest BCUT2D eigenvalue weighted by Crippen LogP contribution is 2.39. The summed E-state index contributed by atoms with van der Waals surface area (Å²) in [4.78, 5) is 30.0. The van der Waals surface area contributed by atoms with E-state index in [4.69, 9.17) is 14.2 Å². The average molecular weight is 462 g/mol. The number of rotatable bonds is 7. The molecule has 1 aromatic carbocycles. The van der Waals surface area contributed by atoms with Crippen LogP contribution in [-0.2, 0) is 14.3 Å². The van der Waals surface area contributed by atoms with Gasteiger partial charge in [-0.3, -0.25) is 9.59 Å². The number of amides is 2. The molecule has 1 unspecified atom stereocenters. The van der Waals surface area contributed by atoms with Crippen molar-refractivity contribution < 1.29 is 23.8 Å². The Balaban J connectivity index is 1.81. The number of nitrogens with one attached hydrogen (secondary N) is 1. The average Bonchev–Trinajstić information content (AvgIpc) is 2.80. The van der Waals surface area contributed by atoms with E-state index in [1.165, 1.54) is 0 Å². The normalized spacial score (nSPS) is 19.2. The van der Waals surface area contributed by atoms with E-state index >= 15 is 0 Å². The van der Waals surface area contributed by atoms with Crippen molar-refractivity contribution in [2.45, 2.75) is 47.5 Å². The maximum Gasteiger partial charge on any atom is 0.229 e. The molecule has 2 aliphatic heterocycles. The van der Waals surface area contributed by atoms with Gasteiger partial charge in [-0.05, 0) is 26.7 Å². The quantitative estimate of drug-likeness (QED) is 0.669. The number of likely N-dealkylation sites (tertiary alicyclic amines) is 1. The Morgan fingerprint density at radius 3 is 2.36 bits per heavy atom. The topological polar surface area (TPSA) is 80.3 Å². The summed E-state index contributed by atoms with van der Waals surface area (Å²) in [6.07, 6.45) is 1.58. The molecule has 2 saturated heterocycles. The summed E-state index contributed by atoms with van der Waals surface area (Å²) < 4.78 is 17.3. The van der Waals surface area contributed by atoms with Crippen LogP contribution >= 0.6 is 0 Å². The van der Waals surface area contributed by atoms with Crippen LogP contribution in [0.15, 0.2) is 12.1 Å². The van der Waals surface area contributed by atoms with Gasteiger partial charge in [0.05, 0.1) is 43.7 Å². The first kappa shape index (κ1) is 25.1. The van der Waals surface area contributed by atoms with Gasteiger partial charge in [-0.15, -0.1) is 0 Å². The largest absolute Gasteiger partial charge is 0.492 e. The van der Waals surface area contributed by atoms with Gasteiger partial charge in [0.1, 0.15) is 11.5 Å². The second kappa shape index (κ2) is 11.1. The van der Waals surface area contributed by atoms with E-state index in [1.54, 1.807) is 0 Å². The molecule has 0 aromatic heterocycles. The Morgan fingerprint density at radius 1 is 1.06 bits per heavy atom. The molecule has 0 bridgehead atoms. The Hall–Kier alpha value is -2.48. The molecule has 1 atom stereocenters. The molecule has 0 saturated carbocycles. The molecule has 2 fully saturated rings. The lowest BCUT2D eigenvalue weighted by atomic mass is 9.91.